The van der Waals surface area contributed by atoms with Crippen molar-refractivity contribution in [3.8, 4) is 0 Å². The van der Waals surface area contributed by atoms with Gasteiger partial charge < -0.3 is 9.84 Å². The minimum Gasteiger partial charge on any atom is -0.393 e. The van der Waals surface area contributed by atoms with Crippen LogP contribution in [0.2, 0.25) is 0 Å². The van der Waals surface area contributed by atoms with E-state index in [1.165, 1.54) is 25.7 Å². The van der Waals surface area contributed by atoms with Crippen LogP contribution in [0.5, 0.6) is 0 Å². The maximum atomic E-state index is 10.3. The zero-order valence-corrected chi connectivity index (χ0v) is 20.2. The second-order valence-electron chi connectivity index (χ2n) is 12.6. The second-order valence-corrected chi connectivity index (χ2v) is 12.6. The lowest BCUT2D eigenvalue weighted by Crippen LogP contribution is -2.57. The lowest BCUT2D eigenvalue weighted by atomic mass is 9.47. The summed E-state index contributed by atoms with van der Waals surface area (Å²) in [6.07, 6.45) is 15.9. The van der Waals surface area contributed by atoms with Crippen molar-refractivity contribution >= 4 is 0 Å². The minimum atomic E-state index is -0.121. The van der Waals surface area contributed by atoms with Crippen molar-refractivity contribution in [1.82, 2.24) is 0 Å². The van der Waals surface area contributed by atoms with Crippen LogP contribution in [0.3, 0.4) is 0 Å². The van der Waals surface area contributed by atoms with E-state index in [0.717, 1.165) is 25.2 Å². The van der Waals surface area contributed by atoms with Gasteiger partial charge in [-0.1, -0.05) is 59.8 Å². The fraction of sp³-hybridized carbons (Fsp3) is 0.857. The summed E-state index contributed by atoms with van der Waals surface area (Å²) in [7, 11) is 0. The quantitative estimate of drug-likeness (QED) is 0.531. The first kappa shape index (κ1) is 21.3. The van der Waals surface area contributed by atoms with Crippen LogP contribution >= 0.6 is 0 Å². The van der Waals surface area contributed by atoms with Gasteiger partial charge in [-0.15, -0.1) is 0 Å². The predicted molar refractivity (Wildman–Crippen MR) is 123 cm³/mol. The molecule has 2 heterocycles. The topological polar surface area (TPSA) is 29.5 Å². The van der Waals surface area contributed by atoms with E-state index in [4.69, 9.17) is 4.74 Å². The molecule has 0 radical (unpaired) electrons. The van der Waals surface area contributed by atoms with Crippen molar-refractivity contribution in [1.29, 1.82) is 0 Å². The van der Waals surface area contributed by atoms with Gasteiger partial charge in [0.25, 0.3) is 0 Å². The van der Waals surface area contributed by atoms with Gasteiger partial charge in [0.05, 0.1) is 17.8 Å². The first-order valence-corrected chi connectivity index (χ1v) is 12.9. The van der Waals surface area contributed by atoms with E-state index in [2.05, 4.69) is 59.8 Å². The molecule has 2 heteroatoms. The summed E-state index contributed by atoms with van der Waals surface area (Å²) < 4.78 is 6.90. The zero-order chi connectivity index (χ0) is 21.5. The summed E-state index contributed by atoms with van der Waals surface area (Å²) in [5.74, 6) is 4.03. The maximum absolute atomic E-state index is 10.3. The van der Waals surface area contributed by atoms with E-state index in [1.807, 2.05) is 0 Å². The van der Waals surface area contributed by atoms with Crippen LogP contribution in [0.4, 0.5) is 0 Å². The van der Waals surface area contributed by atoms with Gasteiger partial charge in [-0.05, 0) is 91.4 Å². The molecule has 1 N–H and O–H groups in total. The molecule has 2 nitrogen and oxygen atoms in total. The van der Waals surface area contributed by atoms with Gasteiger partial charge in [-0.25, -0.2) is 0 Å². The Morgan fingerprint density at radius 1 is 1.03 bits per heavy atom. The van der Waals surface area contributed by atoms with Crippen molar-refractivity contribution in [2.75, 3.05) is 0 Å². The van der Waals surface area contributed by atoms with E-state index < -0.39 is 0 Å². The van der Waals surface area contributed by atoms with Crippen LogP contribution in [0, 0.1) is 46.3 Å². The summed E-state index contributed by atoms with van der Waals surface area (Å²) in [6.45, 7) is 14.6. The Kier molecular flexibility index (Phi) is 4.92. The Hall–Kier alpha value is -0.600. The van der Waals surface area contributed by atoms with Crippen LogP contribution in [-0.2, 0) is 4.74 Å². The van der Waals surface area contributed by atoms with Crippen LogP contribution in [0.1, 0.15) is 86.5 Å². The highest BCUT2D eigenvalue weighted by Gasteiger charge is 2.72. The molecule has 0 amide bonds. The van der Waals surface area contributed by atoms with E-state index >= 15 is 0 Å². The van der Waals surface area contributed by atoms with Gasteiger partial charge in [0.2, 0.25) is 0 Å². The summed E-state index contributed by atoms with van der Waals surface area (Å²) in [6, 6.07) is 0. The van der Waals surface area contributed by atoms with Gasteiger partial charge in [-0.3, -0.25) is 0 Å². The molecule has 5 rings (SSSR count). The van der Waals surface area contributed by atoms with E-state index in [0.29, 0.717) is 35.0 Å². The molecular weight excluding hydrogens is 368 g/mol. The lowest BCUT2D eigenvalue weighted by molar-refractivity contribution is -0.0905. The monoisotopic (exact) mass is 412 g/mol. The van der Waals surface area contributed by atoms with E-state index in [9.17, 15) is 5.11 Å². The fourth-order valence-electron chi connectivity index (χ4n) is 8.67. The number of fused-ring (bicyclic) bond motifs is 5. The van der Waals surface area contributed by atoms with Crippen molar-refractivity contribution in [3.63, 3.8) is 0 Å². The van der Waals surface area contributed by atoms with E-state index in [1.54, 1.807) is 5.57 Å². The average molecular weight is 413 g/mol. The summed E-state index contributed by atoms with van der Waals surface area (Å²) in [4.78, 5) is 0. The maximum Gasteiger partial charge on any atom is 0.0960 e. The molecule has 10 atom stereocenters. The number of hydrogen-bond acceptors (Lipinski definition) is 2. The standard InChI is InChI=1S/C28H44O2/c1-17(2)18(3)7-8-19(4)21-9-10-22-23-16-25-24-15-20(29)11-12-27(24,6)28(23,30-25)14-13-26(21,22)5/h7-8,16-22,24-25,29H,9-15H2,1-6H3. The Balaban J connectivity index is 1.41. The number of hydrogen-bond donors (Lipinski definition) is 1. The molecule has 1 spiro atoms. The minimum absolute atomic E-state index is 0.0211. The number of ether oxygens (including phenoxy) is 1. The Morgan fingerprint density at radius 2 is 1.80 bits per heavy atom. The number of rotatable bonds is 4. The average Bonchev–Trinajstić information content (AvgIpc) is 3.32. The van der Waals surface area contributed by atoms with Gasteiger partial charge in [0, 0.05) is 5.41 Å². The highest BCUT2D eigenvalue weighted by atomic mass is 16.5. The number of aliphatic hydroxyl groups is 1. The lowest BCUT2D eigenvalue weighted by Gasteiger charge is -2.57. The molecule has 0 aromatic heterocycles. The molecule has 3 aliphatic carbocycles. The third-order valence-electron chi connectivity index (χ3n) is 11.0. The predicted octanol–water partition coefficient (Wildman–Crippen LogP) is 6.54. The van der Waals surface area contributed by atoms with Gasteiger partial charge in [-0.2, -0.15) is 0 Å². The second kappa shape index (κ2) is 6.95. The van der Waals surface area contributed by atoms with Crippen LogP contribution < -0.4 is 0 Å². The van der Waals surface area contributed by atoms with Crippen LogP contribution in [0.25, 0.3) is 0 Å². The molecule has 1 saturated heterocycles. The Morgan fingerprint density at radius 3 is 2.53 bits per heavy atom. The first-order chi connectivity index (χ1) is 14.1. The van der Waals surface area contributed by atoms with Crippen molar-refractivity contribution in [3.05, 3.63) is 23.8 Å². The zero-order valence-electron chi connectivity index (χ0n) is 20.2. The highest BCUT2D eigenvalue weighted by molar-refractivity contribution is 5.42. The number of aliphatic hydroxyl groups excluding tert-OH is 1. The molecular formula is C28H44O2. The van der Waals surface area contributed by atoms with E-state index in [-0.39, 0.29) is 23.2 Å². The molecule has 10 unspecified atom stereocenters. The molecule has 2 bridgehead atoms. The SMILES string of the molecule is CC(C)C(C)C=CC(C)C1CCC2C3=CC4OC3(CCC21C)C1(C)CCC(O)CC41. The Bertz CT molecular complexity index is 752. The number of allylic oxidation sites excluding steroid dienone is 2. The molecule has 5 aliphatic rings. The first-order valence-electron chi connectivity index (χ1n) is 12.9. The van der Waals surface area contributed by atoms with Crippen molar-refractivity contribution < 1.29 is 9.84 Å². The molecule has 30 heavy (non-hydrogen) atoms. The van der Waals surface area contributed by atoms with Crippen LogP contribution in [-0.4, -0.2) is 22.9 Å². The smallest absolute Gasteiger partial charge is 0.0960 e. The third-order valence-corrected chi connectivity index (χ3v) is 11.0. The van der Waals surface area contributed by atoms with Crippen LogP contribution in [0.15, 0.2) is 23.8 Å². The third kappa shape index (κ3) is 2.68. The normalized spacial score (nSPS) is 51.6. The highest BCUT2D eigenvalue weighted by Crippen LogP contribution is 2.73. The largest absolute Gasteiger partial charge is 0.393 e. The molecule has 3 saturated carbocycles. The summed E-state index contributed by atoms with van der Waals surface area (Å²) in [5, 5.41) is 10.3. The molecule has 0 aromatic rings. The molecule has 2 aliphatic heterocycles. The molecule has 168 valence electrons. The fourth-order valence-corrected chi connectivity index (χ4v) is 8.67. The van der Waals surface area contributed by atoms with Crippen molar-refractivity contribution in [2.45, 2.75) is 104 Å². The summed E-state index contributed by atoms with van der Waals surface area (Å²) >= 11 is 0. The summed E-state index contributed by atoms with van der Waals surface area (Å²) in [5.41, 5.74) is 2.31. The Labute approximate surface area is 184 Å². The molecule has 0 aromatic carbocycles. The van der Waals surface area contributed by atoms with Gasteiger partial charge in [0.15, 0.2) is 0 Å². The van der Waals surface area contributed by atoms with Gasteiger partial charge in [0.1, 0.15) is 0 Å². The van der Waals surface area contributed by atoms with Crippen molar-refractivity contribution in [2.24, 2.45) is 46.3 Å². The van der Waals surface area contributed by atoms with Gasteiger partial charge >= 0.3 is 0 Å². The molecule has 4 fully saturated rings.